The van der Waals surface area contributed by atoms with Crippen molar-refractivity contribution < 1.29 is 9.90 Å². The van der Waals surface area contributed by atoms with E-state index >= 15 is 0 Å². The van der Waals surface area contributed by atoms with E-state index in [0.717, 1.165) is 30.4 Å². The van der Waals surface area contributed by atoms with Gasteiger partial charge in [0.25, 0.3) is 0 Å². The fraction of sp³-hybridized carbons (Fsp3) is 0.381. The van der Waals surface area contributed by atoms with E-state index in [1.807, 2.05) is 67.6 Å². The van der Waals surface area contributed by atoms with Crippen LogP contribution in [0.4, 0.5) is 0 Å². The van der Waals surface area contributed by atoms with Gasteiger partial charge >= 0.3 is 0 Å². The van der Waals surface area contributed by atoms with Crippen LogP contribution >= 0.6 is 0 Å². The highest BCUT2D eigenvalue weighted by molar-refractivity contribution is 5.91. The van der Waals surface area contributed by atoms with Crippen molar-refractivity contribution in [2.75, 3.05) is 6.54 Å². The Kier molecular flexibility index (Phi) is 5.00. The molecule has 1 aliphatic carbocycles. The first kappa shape index (κ1) is 16.7. The summed E-state index contributed by atoms with van der Waals surface area (Å²) in [7, 11) is 0. The molecule has 0 saturated heterocycles. The Hall–Kier alpha value is -2.13. The third kappa shape index (κ3) is 3.22. The van der Waals surface area contributed by atoms with Crippen molar-refractivity contribution in [1.29, 1.82) is 0 Å². The smallest absolute Gasteiger partial charge is 0.234 e. The van der Waals surface area contributed by atoms with Gasteiger partial charge in [-0.2, -0.15) is 0 Å². The van der Waals surface area contributed by atoms with E-state index in [0.29, 0.717) is 6.54 Å². The topological polar surface area (TPSA) is 49.3 Å². The lowest BCUT2D eigenvalue weighted by Gasteiger charge is -2.30. The van der Waals surface area contributed by atoms with Gasteiger partial charge in [0.1, 0.15) is 0 Å². The lowest BCUT2D eigenvalue weighted by atomic mass is 9.75. The molecule has 2 N–H and O–H groups in total. The molecule has 0 heterocycles. The van der Waals surface area contributed by atoms with E-state index in [4.69, 9.17) is 0 Å². The molecule has 2 unspecified atom stereocenters. The number of nitrogens with one attached hydrogen (secondary N) is 1. The molecule has 0 aliphatic heterocycles. The molecule has 3 heteroatoms. The largest absolute Gasteiger partial charge is 0.393 e. The third-order valence-corrected chi connectivity index (χ3v) is 5.30. The highest BCUT2D eigenvalue weighted by Crippen LogP contribution is 2.32. The predicted octanol–water partition coefficient (Wildman–Crippen LogP) is 3.27. The summed E-state index contributed by atoms with van der Waals surface area (Å²) >= 11 is 0. The first-order chi connectivity index (χ1) is 11.6. The second-order valence-electron chi connectivity index (χ2n) is 6.83. The Morgan fingerprint density at radius 3 is 2.04 bits per heavy atom. The van der Waals surface area contributed by atoms with E-state index in [1.165, 1.54) is 0 Å². The maximum absolute atomic E-state index is 13.1. The summed E-state index contributed by atoms with van der Waals surface area (Å²) in [5.74, 6) is 0.156. The number of aliphatic hydroxyl groups is 1. The Bertz CT molecular complexity index is 629. The number of hydrogen-bond acceptors (Lipinski definition) is 2. The number of carbonyl (C=O) groups is 1. The maximum atomic E-state index is 13.1. The molecule has 0 bridgehead atoms. The van der Waals surface area contributed by atoms with Crippen LogP contribution in [-0.2, 0) is 10.2 Å². The van der Waals surface area contributed by atoms with E-state index < -0.39 is 5.41 Å². The molecule has 3 rings (SSSR count). The van der Waals surface area contributed by atoms with E-state index in [9.17, 15) is 9.90 Å². The second kappa shape index (κ2) is 7.18. The zero-order chi connectivity index (χ0) is 17.0. The van der Waals surface area contributed by atoms with Crippen molar-refractivity contribution in [3.63, 3.8) is 0 Å². The number of carbonyl (C=O) groups excluding carboxylic acids is 1. The molecular formula is C21H25NO2. The van der Waals surface area contributed by atoms with Crippen LogP contribution < -0.4 is 5.32 Å². The third-order valence-electron chi connectivity index (χ3n) is 5.30. The van der Waals surface area contributed by atoms with Crippen molar-refractivity contribution in [3.8, 4) is 0 Å². The molecule has 2 aromatic carbocycles. The Morgan fingerprint density at radius 2 is 1.58 bits per heavy atom. The SMILES string of the molecule is CC(C(=O)NCC1CCCC1O)(c1ccccc1)c1ccccc1. The van der Waals surface area contributed by atoms with Crippen molar-refractivity contribution in [1.82, 2.24) is 5.32 Å². The molecule has 24 heavy (non-hydrogen) atoms. The van der Waals surface area contributed by atoms with Crippen LogP contribution in [0.15, 0.2) is 60.7 Å². The molecule has 2 atom stereocenters. The minimum atomic E-state index is -0.744. The van der Waals surface area contributed by atoms with Gasteiger partial charge < -0.3 is 10.4 Å². The van der Waals surface area contributed by atoms with Crippen molar-refractivity contribution >= 4 is 5.91 Å². The summed E-state index contributed by atoms with van der Waals surface area (Å²) < 4.78 is 0. The Morgan fingerprint density at radius 1 is 1.04 bits per heavy atom. The van der Waals surface area contributed by atoms with Gasteiger partial charge in [0.05, 0.1) is 11.5 Å². The van der Waals surface area contributed by atoms with Gasteiger partial charge in [-0.3, -0.25) is 4.79 Å². The van der Waals surface area contributed by atoms with Crippen LogP contribution in [0.5, 0.6) is 0 Å². The monoisotopic (exact) mass is 323 g/mol. The van der Waals surface area contributed by atoms with Crippen molar-refractivity contribution in [2.45, 2.75) is 37.7 Å². The molecular weight excluding hydrogens is 298 g/mol. The lowest BCUT2D eigenvalue weighted by molar-refractivity contribution is -0.125. The standard InChI is InChI=1S/C21H25NO2/c1-21(17-10-4-2-5-11-17,18-12-6-3-7-13-18)20(24)22-15-16-9-8-14-19(16)23/h2-7,10-13,16,19,23H,8-9,14-15H2,1H3,(H,22,24). The fourth-order valence-corrected chi connectivity index (χ4v) is 3.63. The number of hydrogen-bond donors (Lipinski definition) is 2. The van der Waals surface area contributed by atoms with Crippen LogP contribution in [0.1, 0.15) is 37.3 Å². The van der Waals surface area contributed by atoms with Gasteiger partial charge in [0.15, 0.2) is 0 Å². The first-order valence-electron chi connectivity index (χ1n) is 8.70. The summed E-state index contributed by atoms with van der Waals surface area (Å²) in [4.78, 5) is 13.1. The molecule has 3 nitrogen and oxygen atoms in total. The summed E-state index contributed by atoms with van der Waals surface area (Å²) in [6.07, 6.45) is 2.57. The van der Waals surface area contributed by atoms with Gasteiger partial charge in [-0.25, -0.2) is 0 Å². The van der Waals surface area contributed by atoms with Gasteiger partial charge in [0.2, 0.25) is 5.91 Å². The normalized spacial score (nSPS) is 20.8. The first-order valence-corrected chi connectivity index (χ1v) is 8.70. The van der Waals surface area contributed by atoms with Crippen LogP contribution in [0.2, 0.25) is 0 Å². The molecule has 0 radical (unpaired) electrons. The molecule has 126 valence electrons. The summed E-state index contributed by atoms with van der Waals surface area (Å²) in [6.45, 7) is 2.51. The van der Waals surface area contributed by atoms with Crippen molar-refractivity contribution in [3.05, 3.63) is 71.8 Å². The fourth-order valence-electron chi connectivity index (χ4n) is 3.63. The van der Waals surface area contributed by atoms with Gasteiger partial charge in [0, 0.05) is 12.5 Å². The number of rotatable bonds is 5. The molecule has 1 saturated carbocycles. The molecule has 0 spiro atoms. The van der Waals surface area contributed by atoms with Gasteiger partial charge in [-0.1, -0.05) is 67.1 Å². The minimum Gasteiger partial charge on any atom is -0.393 e. The molecule has 0 aromatic heterocycles. The lowest BCUT2D eigenvalue weighted by Crippen LogP contribution is -2.45. The van der Waals surface area contributed by atoms with E-state index in [2.05, 4.69) is 5.32 Å². The summed E-state index contributed by atoms with van der Waals surface area (Å²) in [5, 5.41) is 13.1. The minimum absolute atomic E-state index is 0.0148. The summed E-state index contributed by atoms with van der Waals surface area (Å²) in [5.41, 5.74) is 1.20. The van der Waals surface area contributed by atoms with Crippen molar-refractivity contribution in [2.24, 2.45) is 5.92 Å². The molecule has 2 aromatic rings. The highest BCUT2D eigenvalue weighted by atomic mass is 16.3. The zero-order valence-electron chi connectivity index (χ0n) is 14.1. The molecule has 1 fully saturated rings. The van der Waals surface area contributed by atoms with E-state index in [1.54, 1.807) is 0 Å². The average Bonchev–Trinajstić information content (AvgIpc) is 3.05. The maximum Gasteiger partial charge on any atom is 0.234 e. The van der Waals surface area contributed by atoms with Gasteiger partial charge in [-0.05, 0) is 30.9 Å². The molecule has 1 amide bonds. The highest BCUT2D eigenvalue weighted by Gasteiger charge is 2.37. The average molecular weight is 323 g/mol. The van der Waals surface area contributed by atoms with Crippen LogP contribution in [0.25, 0.3) is 0 Å². The Balaban J connectivity index is 1.86. The number of aliphatic hydroxyl groups excluding tert-OH is 1. The van der Waals surface area contributed by atoms with Gasteiger partial charge in [-0.15, -0.1) is 0 Å². The van der Waals surface area contributed by atoms with Crippen LogP contribution in [-0.4, -0.2) is 23.7 Å². The van der Waals surface area contributed by atoms with Crippen LogP contribution in [0, 0.1) is 5.92 Å². The van der Waals surface area contributed by atoms with E-state index in [-0.39, 0.29) is 17.9 Å². The van der Waals surface area contributed by atoms with Crippen LogP contribution in [0.3, 0.4) is 0 Å². The Labute approximate surface area is 143 Å². The second-order valence-corrected chi connectivity index (χ2v) is 6.83. The summed E-state index contributed by atoms with van der Waals surface area (Å²) in [6, 6.07) is 19.8. The quantitative estimate of drug-likeness (QED) is 0.887. The zero-order valence-corrected chi connectivity index (χ0v) is 14.1. The predicted molar refractivity (Wildman–Crippen MR) is 95.7 cm³/mol. The molecule has 1 aliphatic rings. The number of benzene rings is 2. The number of amides is 1.